The summed E-state index contributed by atoms with van der Waals surface area (Å²) in [6, 6.07) is 5.69. The average molecular weight is 208 g/mol. The first kappa shape index (κ1) is 11.7. The number of hydrogen-bond donors (Lipinski definition) is 2. The minimum absolute atomic E-state index is 0.230. The maximum absolute atomic E-state index is 10.9. The average Bonchev–Trinajstić information content (AvgIpc) is 2.27. The van der Waals surface area contributed by atoms with Crippen molar-refractivity contribution < 1.29 is 9.90 Å². The zero-order valence-electron chi connectivity index (χ0n) is 9.03. The van der Waals surface area contributed by atoms with Crippen molar-refractivity contribution in [2.45, 2.75) is 19.3 Å². The molecule has 0 spiro atoms. The van der Waals surface area contributed by atoms with Gasteiger partial charge in [0.05, 0.1) is 0 Å². The fourth-order valence-electron chi connectivity index (χ4n) is 1.23. The maximum Gasteiger partial charge on any atom is 0.245 e. The Morgan fingerprint density at radius 2 is 2.27 bits per heavy atom. The first-order valence-corrected chi connectivity index (χ1v) is 4.85. The third kappa shape index (κ3) is 3.32. The Hall–Kier alpha value is -1.42. The summed E-state index contributed by atoms with van der Waals surface area (Å²) in [6.45, 7) is 3.97. The predicted molar refractivity (Wildman–Crippen MR) is 57.4 cm³/mol. The molecule has 1 heterocycles. The Morgan fingerprint density at radius 1 is 1.53 bits per heavy atom. The van der Waals surface area contributed by atoms with Crippen molar-refractivity contribution in [1.82, 2.24) is 10.3 Å². The second kappa shape index (κ2) is 4.89. The third-order valence-electron chi connectivity index (χ3n) is 2.23. The zero-order valence-corrected chi connectivity index (χ0v) is 9.03. The van der Waals surface area contributed by atoms with Gasteiger partial charge in [-0.3, -0.25) is 9.78 Å². The molecule has 2 N–H and O–H groups in total. The van der Waals surface area contributed by atoms with Crippen LogP contribution >= 0.6 is 0 Å². The van der Waals surface area contributed by atoms with E-state index in [2.05, 4.69) is 10.3 Å². The zero-order chi connectivity index (χ0) is 11.3. The van der Waals surface area contributed by atoms with E-state index < -0.39 is 6.61 Å². The van der Waals surface area contributed by atoms with Crippen molar-refractivity contribution >= 4 is 5.91 Å². The molecule has 0 aliphatic heterocycles. The Bertz CT molecular complexity index is 323. The van der Waals surface area contributed by atoms with Gasteiger partial charge >= 0.3 is 0 Å². The number of amides is 1. The molecule has 0 saturated carbocycles. The number of aliphatic hydroxyl groups is 1. The van der Waals surface area contributed by atoms with Gasteiger partial charge in [-0.25, -0.2) is 0 Å². The van der Waals surface area contributed by atoms with Crippen LogP contribution in [0.5, 0.6) is 0 Å². The van der Waals surface area contributed by atoms with Crippen molar-refractivity contribution in [3.05, 3.63) is 30.1 Å². The van der Waals surface area contributed by atoms with Crippen molar-refractivity contribution in [3.63, 3.8) is 0 Å². The van der Waals surface area contributed by atoms with E-state index in [9.17, 15) is 4.79 Å². The van der Waals surface area contributed by atoms with E-state index in [-0.39, 0.29) is 11.3 Å². The third-order valence-corrected chi connectivity index (χ3v) is 2.23. The number of aromatic nitrogens is 1. The van der Waals surface area contributed by atoms with E-state index in [1.165, 1.54) is 0 Å². The summed E-state index contributed by atoms with van der Waals surface area (Å²) < 4.78 is 0. The van der Waals surface area contributed by atoms with E-state index in [0.29, 0.717) is 6.54 Å². The van der Waals surface area contributed by atoms with E-state index >= 15 is 0 Å². The molecule has 0 aromatic carbocycles. The fourth-order valence-corrected chi connectivity index (χ4v) is 1.23. The van der Waals surface area contributed by atoms with Gasteiger partial charge in [-0.15, -0.1) is 0 Å². The maximum atomic E-state index is 10.9. The molecule has 1 amide bonds. The number of carbonyl (C=O) groups excluding carboxylic acids is 1. The standard InChI is InChI=1S/C11H16N2O2/c1-11(2,8-13-10(15)7-14)9-5-3-4-6-12-9/h3-6,14H,7-8H2,1-2H3,(H,13,15). The topological polar surface area (TPSA) is 62.2 Å². The number of rotatable bonds is 4. The van der Waals surface area contributed by atoms with E-state index in [1.54, 1.807) is 6.20 Å². The summed E-state index contributed by atoms with van der Waals surface area (Å²) in [6.07, 6.45) is 1.73. The van der Waals surface area contributed by atoms with Crippen molar-refractivity contribution in [2.24, 2.45) is 0 Å². The van der Waals surface area contributed by atoms with Crippen LogP contribution in [0.1, 0.15) is 19.5 Å². The highest BCUT2D eigenvalue weighted by molar-refractivity contribution is 5.76. The van der Waals surface area contributed by atoms with Gasteiger partial charge in [0, 0.05) is 23.9 Å². The molecule has 0 bridgehead atoms. The summed E-state index contributed by atoms with van der Waals surface area (Å²) in [7, 11) is 0. The number of aliphatic hydroxyl groups excluding tert-OH is 1. The number of carbonyl (C=O) groups is 1. The van der Waals surface area contributed by atoms with Crippen LogP contribution in [0, 0.1) is 0 Å². The van der Waals surface area contributed by atoms with Crippen LogP contribution in [0.4, 0.5) is 0 Å². The largest absolute Gasteiger partial charge is 0.387 e. The second-order valence-electron chi connectivity index (χ2n) is 4.03. The lowest BCUT2D eigenvalue weighted by molar-refractivity contribution is -0.124. The Labute approximate surface area is 89.3 Å². The van der Waals surface area contributed by atoms with Crippen LogP contribution in [0.25, 0.3) is 0 Å². The molecule has 0 radical (unpaired) electrons. The minimum atomic E-state index is -0.474. The normalized spacial score (nSPS) is 11.1. The van der Waals surface area contributed by atoms with Crippen LogP contribution in [0.2, 0.25) is 0 Å². The van der Waals surface area contributed by atoms with Gasteiger partial charge in [0.25, 0.3) is 0 Å². The summed E-state index contributed by atoms with van der Waals surface area (Å²) >= 11 is 0. The molecule has 1 rings (SSSR count). The molecule has 4 heteroatoms. The van der Waals surface area contributed by atoms with Gasteiger partial charge in [-0.1, -0.05) is 19.9 Å². The Morgan fingerprint density at radius 3 is 2.80 bits per heavy atom. The van der Waals surface area contributed by atoms with Crippen LogP contribution in [-0.2, 0) is 10.2 Å². The summed E-state index contributed by atoms with van der Waals surface area (Å²) in [4.78, 5) is 15.1. The van der Waals surface area contributed by atoms with E-state index in [1.807, 2.05) is 32.0 Å². The molecule has 0 fully saturated rings. The summed E-state index contributed by atoms with van der Waals surface area (Å²) in [5.41, 5.74) is 0.690. The number of nitrogens with one attached hydrogen (secondary N) is 1. The molecule has 0 atom stereocenters. The second-order valence-corrected chi connectivity index (χ2v) is 4.03. The highest BCUT2D eigenvalue weighted by atomic mass is 16.3. The van der Waals surface area contributed by atoms with Crippen LogP contribution in [-0.4, -0.2) is 29.1 Å². The fraction of sp³-hybridized carbons (Fsp3) is 0.455. The molecule has 4 nitrogen and oxygen atoms in total. The summed E-state index contributed by atoms with van der Waals surface area (Å²) in [5, 5.41) is 11.2. The molecule has 0 aliphatic carbocycles. The first-order chi connectivity index (χ1) is 7.06. The minimum Gasteiger partial charge on any atom is -0.387 e. The number of hydrogen-bond acceptors (Lipinski definition) is 3. The molecule has 1 aromatic heterocycles. The molecule has 0 aliphatic rings. The summed E-state index contributed by atoms with van der Waals surface area (Å²) in [5.74, 6) is -0.362. The van der Waals surface area contributed by atoms with Gasteiger partial charge in [0.1, 0.15) is 6.61 Å². The molecule has 15 heavy (non-hydrogen) atoms. The van der Waals surface area contributed by atoms with Gasteiger partial charge in [-0.2, -0.15) is 0 Å². The predicted octanol–water partition coefficient (Wildman–Crippen LogP) is 0.468. The van der Waals surface area contributed by atoms with Crippen molar-refractivity contribution in [3.8, 4) is 0 Å². The van der Waals surface area contributed by atoms with E-state index in [4.69, 9.17) is 5.11 Å². The monoisotopic (exact) mass is 208 g/mol. The molecule has 0 saturated heterocycles. The number of nitrogens with zero attached hydrogens (tertiary/aromatic N) is 1. The highest BCUT2D eigenvalue weighted by Gasteiger charge is 2.22. The van der Waals surface area contributed by atoms with Crippen LogP contribution in [0.3, 0.4) is 0 Å². The van der Waals surface area contributed by atoms with E-state index in [0.717, 1.165) is 5.69 Å². The number of pyridine rings is 1. The molecule has 1 aromatic rings. The Balaban J connectivity index is 2.63. The smallest absolute Gasteiger partial charge is 0.245 e. The first-order valence-electron chi connectivity index (χ1n) is 4.85. The quantitative estimate of drug-likeness (QED) is 0.756. The van der Waals surface area contributed by atoms with Gasteiger partial charge in [-0.05, 0) is 12.1 Å². The van der Waals surface area contributed by atoms with Gasteiger partial charge < -0.3 is 10.4 Å². The van der Waals surface area contributed by atoms with Gasteiger partial charge in [0.2, 0.25) is 5.91 Å². The molecular formula is C11H16N2O2. The lowest BCUT2D eigenvalue weighted by atomic mass is 9.89. The lowest BCUT2D eigenvalue weighted by Gasteiger charge is -2.24. The molecular weight excluding hydrogens is 192 g/mol. The van der Waals surface area contributed by atoms with Crippen molar-refractivity contribution in [2.75, 3.05) is 13.2 Å². The van der Waals surface area contributed by atoms with Crippen LogP contribution < -0.4 is 5.32 Å². The molecule has 82 valence electrons. The molecule has 0 unspecified atom stereocenters. The SMILES string of the molecule is CC(C)(CNC(=O)CO)c1ccccn1. The Kier molecular flexibility index (Phi) is 3.80. The van der Waals surface area contributed by atoms with Crippen molar-refractivity contribution in [1.29, 1.82) is 0 Å². The van der Waals surface area contributed by atoms with Crippen LogP contribution in [0.15, 0.2) is 24.4 Å². The lowest BCUT2D eigenvalue weighted by Crippen LogP contribution is -2.38. The highest BCUT2D eigenvalue weighted by Crippen LogP contribution is 2.19. The van der Waals surface area contributed by atoms with Gasteiger partial charge in [0.15, 0.2) is 0 Å².